The fraction of sp³-hybridized carbons (Fsp3) is 0.560. The Bertz CT molecular complexity index is 965. The third-order valence-corrected chi connectivity index (χ3v) is 6.26. The van der Waals surface area contributed by atoms with Gasteiger partial charge in [0, 0.05) is 13.1 Å². The summed E-state index contributed by atoms with van der Waals surface area (Å²) in [5.41, 5.74) is 17.7. The van der Waals surface area contributed by atoms with E-state index in [4.69, 9.17) is 17.2 Å². The van der Waals surface area contributed by atoms with Gasteiger partial charge in [0.15, 0.2) is 5.96 Å². The van der Waals surface area contributed by atoms with Gasteiger partial charge in [-0.15, -0.1) is 0 Å². The van der Waals surface area contributed by atoms with Gasteiger partial charge in [-0.25, -0.2) is 4.79 Å². The minimum atomic E-state index is -1.09. The zero-order chi connectivity index (χ0) is 27.5. The maximum absolute atomic E-state index is 13.3. The van der Waals surface area contributed by atoms with Crippen molar-refractivity contribution in [2.75, 3.05) is 13.1 Å². The first-order valence-electron chi connectivity index (χ1n) is 12.5. The van der Waals surface area contributed by atoms with Gasteiger partial charge in [-0.05, 0) is 43.6 Å². The molecule has 0 saturated carbocycles. The highest BCUT2D eigenvalue weighted by Gasteiger charge is 2.38. The Balaban J connectivity index is 2.12. The molecule has 0 bridgehead atoms. The van der Waals surface area contributed by atoms with Gasteiger partial charge in [-0.3, -0.25) is 19.4 Å². The van der Waals surface area contributed by atoms with E-state index in [1.165, 1.54) is 4.90 Å². The van der Waals surface area contributed by atoms with Gasteiger partial charge in [0.25, 0.3) is 0 Å². The predicted octanol–water partition coefficient (Wildman–Crippen LogP) is -0.689. The van der Waals surface area contributed by atoms with E-state index in [2.05, 4.69) is 15.6 Å². The first-order valence-corrected chi connectivity index (χ1v) is 12.5. The quantitative estimate of drug-likeness (QED) is 0.112. The van der Waals surface area contributed by atoms with E-state index in [1.807, 2.05) is 30.3 Å². The van der Waals surface area contributed by atoms with Gasteiger partial charge < -0.3 is 37.8 Å². The SMILES string of the molecule is CC(C)C(NC(=O)C(N)Cc1ccccc1)C(=O)NC(CCCN=C(N)N)C(=O)N1CCCC1C(=O)O. The van der Waals surface area contributed by atoms with E-state index < -0.39 is 47.9 Å². The lowest BCUT2D eigenvalue weighted by atomic mass is 10.00. The standard InChI is InChI=1S/C25H39N7O5/c1-15(2)20(31-21(33)17(26)14-16-8-4-3-5-9-16)22(34)30-18(10-6-12-29-25(27)28)23(35)32-13-7-11-19(32)24(36)37/h3-5,8-9,15,17-20H,6-7,10-14,26H2,1-2H3,(H,30,34)(H,31,33)(H,36,37)(H4,27,28,29). The third kappa shape index (κ3) is 9.05. The number of rotatable bonds is 13. The summed E-state index contributed by atoms with van der Waals surface area (Å²) in [7, 11) is 0. The van der Waals surface area contributed by atoms with Crippen molar-refractivity contribution in [2.45, 2.75) is 70.1 Å². The molecule has 12 heteroatoms. The lowest BCUT2D eigenvalue weighted by Crippen LogP contribution is -2.58. The number of carbonyl (C=O) groups excluding carboxylic acids is 3. The lowest BCUT2D eigenvalue weighted by Gasteiger charge is -2.30. The summed E-state index contributed by atoms with van der Waals surface area (Å²) in [6.07, 6.45) is 1.77. The highest BCUT2D eigenvalue weighted by Crippen LogP contribution is 2.20. The van der Waals surface area contributed by atoms with Gasteiger partial charge >= 0.3 is 5.97 Å². The number of nitrogens with zero attached hydrogens (tertiary/aromatic N) is 2. The van der Waals surface area contributed by atoms with Crippen LogP contribution >= 0.6 is 0 Å². The number of carboxylic acids is 1. The second-order valence-electron chi connectivity index (χ2n) is 9.56. The number of nitrogens with two attached hydrogens (primary N) is 3. The lowest BCUT2D eigenvalue weighted by molar-refractivity contribution is -0.149. The largest absolute Gasteiger partial charge is 0.480 e. The van der Waals surface area contributed by atoms with Crippen molar-refractivity contribution in [3.8, 4) is 0 Å². The topological polar surface area (TPSA) is 206 Å². The van der Waals surface area contributed by atoms with Crippen LogP contribution in [0.15, 0.2) is 35.3 Å². The van der Waals surface area contributed by atoms with Crippen molar-refractivity contribution < 1.29 is 24.3 Å². The van der Waals surface area contributed by atoms with Gasteiger partial charge in [-0.1, -0.05) is 44.2 Å². The Morgan fingerprint density at radius 3 is 2.38 bits per heavy atom. The van der Waals surface area contributed by atoms with Crippen molar-refractivity contribution in [1.29, 1.82) is 0 Å². The number of carboxylic acid groups (broad SMARTS) is 1. The van der Waals surface area contributed by atoms with Crippen LogP contribution in [0.1, 0.15) is 45.1 Å². The number of aliphatic carboxylic acids is 1. The van der Waals surface area contributed by atoms with Gasteiger partial charge in [0.2, 0.25) is 17.7 Å². The molecule has 0 spiro atoms. The Morgan fingerprint density at radius 1 is 1.11 bits per heavy atom. The molecule has 1 aromatic carbocycles. The highest BCUT2D eigenvalue weighted by atomic mass is 16.4. The van der Waals surface area contributed by atoms with Gasteiger partial charge in [0.1, 0.15) is 18.1 Å². The summed E-state index contributed by atoms with van der Waals surface area (Å²) >= 11 is 0. The van der Waals surface area contributed by atoms with Crippen LogP contribution in [-0.2, 0) is 25.6 Å². The molecule has 1 saturated heterocycles. The Kier molecular flexibility index (Phi) is 11.3. The molecule has 1 aromatic rings. The van der Waals surface area contributed by atoms with Crippen LogP contribution in [0.5, 0.6) is 0 Å². The molecule has 204 valence electrons. The summed E-state index contributed by atoms with van der Waals surface area (Å²) < 4.78 is 0. The van der Waals surface area contributed by atoms with Crippen LogP contribution in [-0.4, -0.2) is 76.9 Å². The Labute approximate surface area is 217 Å². The molecule has 0 radical (unpaired) electrons. The molecule has 0 aliphatic carbocycles. The number of benzene rings is 1. The van der Waals surface area contributed by atoms with Crippen LogP contribution in [0, 0.1) is 5.92 Å². The van der Waals surface area contributed by atoms with Gasteiger partial charge in [0.05, 0.1) is 6.04 Å². The molecular weight excluding hydrogens is 478 g/mol. The summed E-state index contributed by atoms with van der Waals surface area (Å²) in [6.45, 7) is 4.06. The average molecular weight is 518 g/mol. The van der Waals surface area contributed by atoms with E-state index in [-0.39, 0.29) is 31.4 Å². The van der Waals surface area contributed by atoms with Crippen LogP contribution in [0.25, 0.3) is 0 Å². The van der Waals surface area contributed by atoms with E-state index in [0.29, 0.717) is 25.7 Å². The minimum Gasteiger partial charge on any atom is -0.480 e. The van der Waals surface area contributed by atoms with Crippen molar-refractivity contribution in [3.05, 3.63) is 35.9 Å². The van der Waals surface area contributed by atoms with E-state index >= 15 is 0 Å². The van der Waals surface area contributed by atoms with Crippen molar-refractivity contribution >= 4 is 29.7 Å². The Hall–Kier alpha value is -3.67. The number of guanidine groups is 1. The fourth-order valence-electron chi connectivity index (χ4n) is 4.27. The second kappa shape index (κ2) is 14.2. The molecule has 1 heterocycles. The summed E-state index contributed by atoms with van der Waals surface area (Å²) in [5, 5.41) is 14.9. The molecule has 9 N–H and O–H groups in total. The molecule has 1 aliphatic heterocycles. The molecule has 4 unspecified atom stereocenters. The Morgan fingerprint density at radius 2 is 1.78 bits per heavy atom. The predicted molar refractivity (Wildman–Crippen MR) is 139 cm³/mol. The fourth-order valence-corrected chi connectivity index (χ4v) is 4.27. The monoisotopic (exact) mass is 517 g/mol. The third-order valence-electron chi connectivity index (χ3n) is 6.26. The van der Waals surface area contributed by atoms with Crippen LogP contribution in [0.3, 0.4) is 0 Å². The number of hydrogen-bond acceptors (Lipinski definition) is 6. The maximum atomic E-state index is 13.3. The molecule has 2 rings (SSSR count). The van der Waals surface area contributed by atoms with E-state index in [9.17, 15) is 24.3 Å². The molecule has 12 nitrogen and oxygen atoms in total. The first kappa shape index (κ1) is 29.6. The van der Waals surface area contributed by atoms with Crippen molar-refractivity contribution in [2.24, 2.45) is 28.1 Å². The summed E-state index contributed by atoms with van der Waals surface area (Å²) in [6, 6.07) is 5.53. The molecule has 3 amide bonds. The smallest absolute Gasteiger partial charge is 0.326 e. The highest BCUT2D eigenvalue weighted by molar-refractivity contribution is 5.94. The zero-order valence-electron chi connectivity index (χ0n) is 21.4. The van der Waals surface area contributed by atoms with Gasteiger partial charge in [-0.2, -0.15) is 0 Å². The summed E-state index contributed by atoms with van der Waals surface area (Å²) in [5.74, 6) is -3.01. The summed E-state index contributed by atoms with van der Waals surface area (Å²) in [4.78, 5) is 56.2. The molecular formula is C25H39N7O5. The van der Waals surface area contributed by atoms with Crippen molar-refractivity contribution in [1.82, 2.24) is 15.5 Å². The number of nitrogens with one attached hydrogen (secondary N) is 2. The molecule has 37 heavy (non-hydrogen) atoms. The number of hydrogen-bond donors (Lipinski definition) is 6. The van der Waals surface area contributed by atoms with E-state index in [0.717, 1.165) is 5.56 Å². The molecule has 1 aliphatic rings. The van der Waals surface area contributed by atoms with Crippen LogP contribution < -0.4 is 27.8 Å². The van der Waals surface area contributed by atoms with Crippen LogP contribution in [0.4, 0.5) is 0 Å². The number of aliphatic imine (C=N–C) groups is 1. The maximum Gasteiger partial charge on any atom is 0.326 e. The normalized spacial score (nSPS) is 17.5. The second-order valence-corrected chi connectivity index (χ2v) is 9.56. The minimum absolute atomic E-state index is 0.0909. The van der Waals surface area contributed by atoms with E-state index in [1.54, 1.807) is 13.8 Å². The zero-order valence-corrected chi connectivity index (χ0v) is 21.4. The number of carbonyl (C=O) groups is 4. The first-order chi connectivity index (χ1) is 17.5. The molecule has 0 aromatic heterocycles. The average Bonchev–Trinajstić information content (AvgIpc) is 3.34. The number of likely N-dealkylation sites (tertiary alicyclic amines) is 1. The van der Waals surface area contributed by atoms with Crippen molar-refractivity contribution in [3.63, 3.8) is 0 Å². The van der Waals surface area contributed by atoms with Crippen LogP contribution in [0.2, 0.25) is 0 Å². The molecule has 1 fully saturated rings. The number of amides is 3. The molecule has 4 atom stereocenters.